The summed E-state index contributed by atoms with van der Waals surface area (Å²) in [6.07, 6.45) is 6.84. The molecule has 2 aliphatic carbocycles. The molecule has 9 heteroatoms. The number of benzene rings is 1. The van der Waals surface area contributed by atoms with Crippen molar-refractivity contribution in [2.24, 2.45) is 0 Å². The van der Waals surface area contributed by atoms with E-state index in [9.17, 15) is 13.2 Å². The topological polar surface area (TPSA) is 97.8 Å². The van der Waals surface area contributed by atoms with E-state index < -0.39 is 21.5 Å². The van der Waals surface area contributed by atoms with Crippen molar-refractivity contribution in [3.05, 3.63) is 47.5 Å². The summed E-state index contributed by atoms with van der Waals surface area (Å²) in [5.41, 5.74) is 1.00. The number of nitrogens with one attached hydrogen (secondary N) is 1. The number of aromatic nitrogens is 1. The molecular formula is C27H35N3O5S. The highest BCUT2D eigenvalue weighted by atomic mass is 32.2. The molecule has 1 N–H and O–H groups in total. The van der Waals surface area contributed by atoms with Gasteiger partial charge in [0.25, 0.3) is 15.9 Å². The summed E-state index contributed by atoms with van der Waals surface area (Å²) in [6.45, 7) is 5.77. The van der Waals surface area contributed by atoms with Crippen molar-refractivity contribution in [2.45, 2.75) is 81.4 Å². The highest BCUT2D eigenvalue weighted by molar-refractivity contribution is 7.90. The van der Waals surface area contributed by atoms with Gasteiger partial charge < -0.3 is 14.4 Å². The number of morpholine rings is 1. The minimum atomic E-state index is -4.16. The number of carbonyl (C=O) groups excluding carboxylic acids is 1. The number of hydrogen-bond acceptors (Lipinski definition) is 7. The van der Waals surface area contributed by atoms with E-state index in [-0.39, 0.29) is 11.1 Å². The van der Waals surface area contributed by atoms with Crippen LogP contribution in [0.3, 0.4) is 0 Å². The van der Waals surface area contributed by atoms with E-state index in [4.69, 9.17) is 9.47 Å². The molecule has 2 aromatic rings. The van der Waals surface area contributed by atoms with Crippen molar-refractivity contribution in [2.75, 3.05) is 24.6 Å². The molecule has 3 aliphatic rings. The van der Waals surface area contributed by atoms with Crippen LogP contribution in [-0.4, -0.2) is 50.7 Å². The van der Waals surface area contributed by atoms with Gasteiger partial charge in [-0.25, -0.2) is 9.71 Å². The lowest BCUT2D eigenvalue weighted by atomic mass is 9.83. The molecule has 1 aromatic heterocycles. The third-order valence-corrected chi connectivity index (χ3v) is 8.65. The minimum Gasteiger partial charge on any atom is -0.477 e. The third kappa shape index (κ3) is 5.37. The molecule has 3 fully saturated rings. The Morgan fingerprint density at radius 2 is 1.94 bits per heavy atom. The normalized spacial score (nSPS) is 22.2. The lowest BCUT2D eigenvalue weighted by molar-refractivity contribution is -0.128. The fourth-order valence-electron chi connectivity index (χ4n) is 5.20. The van der Waals surface area contributed by atoms with Crippen LogP contribution in [0, 0.1) is 6.92 Å². The van der Waals surface area contributed by atoms with Crippen LogP contribution in [0.25, 0.3) is 0 Å². The molecule has 1 amide bonds. The van der Waals surface area contributed by atoms with Gasteiger partial charge >= 0.3 is 0 Å². The zero-order valence-corrected chi connectivity index (χ0v) is 21.9. The van der Waals surface area contributed by atoms with Crippen LogP contribution in [0.5, 0.6) is 5.75 Å². The lowest BCUT2D eigenvalue weighted by Gasteiger charge is -2.32. The molecule has 1 aliphatic heterocycles. The highest BCUT2D eigenvalue weighted by Crippen LogP contribution is 2.45. The molecule has 1 atom stereocenters. The fourth-order valence-corrected chi connectivity index (χ4v) is 6.21. The largest absolute Gasteiger partial charge is 0.477 e. The molecule has 0 radical (unpaired) electrons. The predicted molar refractivity (Wildman–Crippen MR) is 137 cm³/mol. The van der Waals surface area contributed by atoms with E-state index in [1.807, 2.05) is 24.8 Å². The average Bonchev–Trinajstić information content (AvgIpc) is 3.65. The molecule has 2 saturated carbocycles. The van der Waals surface area contributed by atoms with E-state index in [0.29, 0.717) is 50.0 Å². The van der Waals surface area contributed by atoms with Gasteiger partial charge in [0, 0.05) is 25.9 Å². The maximum atomic E-state index is 13.3. The fraction of sp³-hybridized carbons (Fsp3) is 0.556. The molecule has 5 rings (SSSR count). The Morgan fingerprint density at radius 3 is 2.67 bits per heavy atom. The maximum Gasteiger partial charge on any atom is 0.281 e. The Labute approximate surface area is 213 Å². The van der Waals surface area contributed by atoms with E-state index in [2.05, 4.69) is 21.8 Å². The number of sulfonamides is 1. The van der Waals surface area contributed by atoms with Crippen molar-refractivity contribution in [1.82, 2.24) is 9.71 Å². The van der Waals surface area contributed by atoms with Crippen molar-refractivity contribution >= 4 is 21.7 Å². The van der Waals surface area contributed by atoms with Crippen molar-refractivity contribution in [1.29, 1.82) is 0 Å². The summed E-state index contributed by atoms with van der Waals surface area (Å²) >= 11 is 0. The second kappa shape index (κ2) is 10.0. The molecule has 1 saturated heterocycles. The van der Waals surface area contributed by atoms with E-state index in [1.165, 1.54) is 25.3 Å². The highest BCUT2D eigenvalue weighted by Gasteiger charge is 2.54. The minimum absolute atomic E-state index is 0.0347. The molecule has 1 aromatic carbocycles. The van der Waals surface area contributed by atoms with E-state index in [0.717, 1.165) is 24.0 Å². The number of rotatable bonds is 7. The Balaban J connectivity index is 1.32. The number of anilines is 1. The summed E-state index contributed by atoms with van der Waals surface area (Å²) in [5.74, 6) is 1.03. The van der Waals surface area contributed by atoms with Crippen LogP contribution in [0.2, 0.25) is 0 Å². The first-order valence-electron chi connectivity index (χ1n) is 13.0. The number of ether oxygens (including phenoxy) is 2. The average molecular weight is 514 g/mol. The Kier molecular flexibility index (Phi) is 6.96. The van der Waals surface area contributed by atoms with Gasteiger partial charge in [-0.05, 0) is 61.9 Å². The van der Waals surface area contributed by atoms with Gasteiger partial charge in [-0.3, -0.25) is 4.79 Å². The van der Waals surface area contributed by atoms with Gasteiger partial charge in [0.05, 0.1) is 12.7 Å². The zero-order chi connectivity index (χ0) is 25.3. The van der Waals surface area contributed by atoms with Crippen LogP contribution in [0.1, 0.15) is 68.9 Å². The zero-order valence-electron chi connectivity index (χ0n) is 21.0. The van der Waals surface area contributed by atoms with Crippen LogP contribution in [-0.2, 0) is 19.6 Å². The van der Waals surface area contributed by atoms with Gasteiger partial charge in [-0.15, -0.1) is 0 Å². The number of amides is 1. The maximum absolute atomic E-state index is 13.3. The number of nitrogens with zero attached hydrogens (tertiary/aromatic N) is 2. The Bertz CT molecular complexity index is 1220. The number of aryl methyl sites for hydroxylation is 1. The summed E-state index contributed by atoms with van der Waals surface area (Å²) in [5, 5.41) is -0.179. The first-order chi connectivity index (χ1) is 17.3. The number of hydrogen-bond donors (Lipinski definition) is 1. The monoisotopic (exact) mass is 513 g/mol. The molecule has 0 bridgehead atoms. The van der Waals surface area contributed by atoms with Crippen LogP contribution in [0.15, 0.2) is 41.4 Å². The van der Waals surface area contributed by atoms with Crippen molar-refractivity contribution in [3.8, 4) is 5.75 Å². The van der Waals surface area contributed by atoms with E-state index >= 15 is 0 Å². The van der Waals surface area contributed by atoms with E-state index in [1.54, 1.807) is 12.1 Å². The summed E-state index contributed by atoms with van der Waals surface area (Å²) in [6, 6.07) is 11.0. The van der Waals surface area contributed by atoms with Gasteiger partial charge in [-0.1, -0.05) is 37.5 Å². The molecule has 8 nitrogen and oxygen atoms in total. The quantitative estimate of drug-likeness (QED) is 0.596. The molecule has 36 heavy (non-hydrogen) atoms. The van der Waals surface area contributed by atoms with Gasteiger partial charge in [-0.2, -0.15) is 8.42 Å². The SMILES string of the molecule is Cc1ccc(C2CCCCC2)c(OC2(C(=O)NS(=O)(=O)c3cccc(N4CCO[C@H](C)C4)n3)CC2)c1. The molecular weight excluding hydrogens is 478 g/mol. The summed E-state index contributed by atoms with van der Waals surface area (Å²) in [4.78, 5) is 19.6. The van der Waals surface area contributed by atoms with Crippen molar-refractivity contribution < 1.29 is 22.7 Å². The standard InChI is InChI=1S/C27H35N3O5S/c1-19-11-12-22(21-7-4-3-5-8-21)23(17-19)35-27(13-14-27)26(31)29-36(32,33)25-10-6-9-24(28-25)30-15-16-34-20(2)18-30/h6,9-12,17,20-21H,3-5,7-8,13-16,18H2,1-2H3,(H,29,31)/t20-/m1/s1. The Morgan fingerprint density at radius 1 is 1.17 bits per heavy atom. The smallest absolute Gasteiger partial charge is 0.281 e. The molecule has 194 valence electrons. The molecule has 0 spiro atoms. The Hall–Kier alpha value is -2.65. The lowest BCUT2D eigenvalue weighted by Crippen LogP contribution is -2.44. The second-order valence-corrected chi connectivity index (χ2v) is 12.0. The van der Waals surface area contributed by atoms with Gasteiger partial charge in [0.2, 0.25) is 0 Å². The summed E-state index contributed by atoms with van der Waals surface area (Å²) < 4.78 is 40.4. The molecule has 2 heterocycles. The summed E-state index contributed by atoms with van der Waals surface area (Å²) in [7, 11) is -4.16. The first kappa shape index (κ1) is 25.0. The van der Waals surface area contributed by atoms with Crippen LogP contribution >= 0.6 is 0 Å². The van der Waals surface area contributed by atoms with Crippen LogP contribution in [0.4, 0.5) is 5.82 Å². The number of carbonyl (C=O) groups is 1. The van der Waals surface area contributed by atoms with Gasteiger partial charge in [0.1, 0.15) is 11.6 Å². The predicted octanol–water partition coefficient (Wildman–Crippen LogP) is 4.08. The van der Waals surface area contributed by atoms with Crippen molar-refractivity contribution in [3.63, 3.8) is 0 Å². The van der Waals surface area contributed by atoms with Gasteiger partial charge in [0.15, 0.2) is 10.6 Å². The first-order valence-corrected chi connectivity index (χ1v) is 14.4. The van der Waals surface area contributed by atoms with Crippen LogP contribution < -0.4 is 14.4 Å². The number of pyridine rings is 1. The third-order valence-electron chi connectivity index (χ3n) is 7.41. The molecule has 0 unspecified atom stereocenters. The second-order valence-electron chi connectivity index (χ2n) is 10.4.